The molecule has 0 saturated heterocycles. The van der Waals surface area contributed by atoms with E-state index in [9.17, 15) is 13.9 Å². The zero-order valence-corrected chi connectivity index (χ0v) is 23.4. The Kier molecular flexibility index (Phi) is 20.0. The summed E-state index contributed by atoms with van der Waals surface area (Å²) in [5.74, 6) is 1.77. The van der Waals surface area contributed by atoms with E-state index in [-0.39, 0.29) is 19.4 Å². The number of ether oxygens (including phenoxy) is 1. The van der Waals surface area contributed by atoms with E-state index in [1.807, 2.05) is 13.0 Å². The van der Waals surface area contributed by atoms with Crippen molar-refractivity contribution >= 4 is 22.0 Å². The maximum Gasteiger partial charge on any atom is 0.598 e. The van der Waals surface area contributed by atoms with Crippen LogP contribution < -0.4 is 0 Å². The zero-order valence-electron chi connectivity index (χ0n) is 21.6. The predicted octanol–water partition coefficient (Wildman–Crippen LogP) is 8.49. The van der Waals surface area contributed by atoms with Crippen molar-refractivity contribution in [3.63, 3.8) is 0 Å². The van der Waals surface area contributed by atoms with Gasteiger partial charge in [0.25, 0.3) is 0 Å². The van der Waals surface area contributed by atoms with Gasteiger partial charge < -0.3 is 4.74 Å². The van der Waals surface area contributed by atoms with Crippen molar-refractivity contribution in [3.8, 4) is 0 Å². The molecule has 0 aromatic heterocycles. The van der Waals surface area contributed by atoms with E-state index in [0.29, 0.717) is 5.92 Å². The van der Waals surface area contributed by atoms with Gasteiger partial charge in [-0.3, -0.25) is 4.79 Å². The summed E-state index contributed by atoms with van der Waals surface area (Å²) >= 11 is 0. The van der Waals surface area contributed by atoms with Crippen molar-refractivity contribution in [2.24, 2.45) is 17.8 Å². The molecule has 0 fully saturated rings. The normalized spacial score (nSPS) is 15.7. The van der Waals surface area contributed by atoms with Crippen molar-refractivity contribution in [3.05, 3.63) is 11.6 Å². The van der Waals surface area contributed by atoms with Gasteiger partial charge in [-0.1, -0.05) is 78.2 Å². The molecule has 0 aromatic carbocycles. The average molecular weight is 525 g/mol. The van der Waals surface area contributed by atoms with E-state index >= 15 is 0 Å². The van der Waals surface area contributed by atoms with Gasteiger partial charge in [-0.05, 0) is 52.7 Å². The number of carbonyl (C=O) groups excluding carboxylic acids is 1. The third-order valence-corrected chi connectivity index (χ3v) is 9.01. The molecule has 2 N–H and O–H groups in total. The highest BCUT2D eigenvalue weighted by atomic mass is 31.2. The first-order chi connectivity index (χ1) is 16.1. The van der Waals surface area contributed by atoms with Gasteiger partial charge in [-0.2, -0.15) is 0 Å². The molecule has 0 bridgehead atoms. The Morgan fingerprint density at radius 2 is 1.29 bits per heavy atom. The largest absolute Gasteiger partial charge is 0.598 e. The Bertz CT molecular complexity index is 608. The van der Waals surface area contributed by atoms with Gasteiger partial charge in [-0.25, -0.2) is 10.5 Å². The van der Waals surface area contributed by atoms with Crippen LogP contribution in [0.1, 0.15) is 105 Å². The van der Waals surface area contributed by atoms with Crippen LogP contribution in [0.15, 0.2) is 11.6 Å². The molecule has 10 heteroatoms. The quantitative estimate of drug-likeness (QED) is 0.0504. The number of allylic oxidation sites excluding steroid dienone is 1. The van der Waals surface area contributed by atoms with Gasteiger partial charge in [0.05, 0.1) is 12.8 Å². The van der Waals surface area contributed by atoms with Gasteiger partial charge in [0, 0.05) is 9.35 Å². The summed E-state index contributed by atoms with van der Waals surface area (Å²) in [6.07, 6.45) is 12.6. The van der Waals surface area contributed by atoms with Crippen LogP contribution in [0.4, 0.5) is 0 Å². The minimum absolute atomic E-state index is 0.130. The first-order valence-electron chi connectivity index (χ1n) is 12.5. The Labute approximate surface area is 207 Å². The van der Waals surface area contributed by atoms with Crippen LogP contribution in [-0.4, -0.2) is 28.5 Å². The lowest BCUT2D eigenvalue weighted by atomic mass is 9.91. The predicted molar refractivity (Wildman–Crippen MR) is 135 cm³/mol. The number of rotatable bonds is 21. The molecule has 0 aromatic rings. The average Bonchev–Trinajstić information content (AvgIpc) is 2.78. The minimum atomic E-state index is -2.75. The zero-order chi connectivity index (χ0) is 25.9. The standard InChI is InChI=1S/C24H44O8P2/c1-19(2)9-6-10-20(3)11-7-12-21(4)13-8-14-22(5)17-18-30-23(25)15-16-24(33(28)31-26)34(29)32-27/h17,19-21,24H,6-16,18H2,1-5H3/p+2/b22-17+. The van der Waals surface area contributed by atoms with Gasteiger partial charge >= 0.3 is 27.4 Å². The van der Waals surface area contributed by atoms with Crippen molar-refractivity contribution in [2.75, 3.05) is 6.61 Å². The second-order valence-electron chi connectivity index (χ2n) is 9.85. The highest BCUT2D eigenvalue weighted by Crippen LogP contribution is 2.47. The highest BCUT2D eigenvalue weighted by Gasteiger charge is 2.53. The monoisotopic (exact) mass is 524 g/mol. The third-order valence-electron chi connectivity index (χ3n) is 6.07. The summed E-state index contributed by atoms with van der Waals surface area (Å²) in [5.41, 5.74) is 1.16. The number of carbonyl (C=O) groups is 1. The van der Waals surface area contributed by atoms with Gasteiger partial charge in [0.15, 0.2) is 0 Å². The van der Waals surface area contributed by atoms with E-state index < -0.39 is 27.4 Å². The van der Waals surface area contributed by atoms with Crippen molar-refractivity contribution < 1.29 is 38.5 Å². The molecule has 0 heterocycles. The van der Waals surface area contributed by atoms with E-state index in [1.165, 1.54) is 44.9 Å². The van der Waals surface area contributed by atoms with Crippen LogP contribution in [0, 0.1) is 17.8 Å². The highest BCUT2D eigenvalue weighted by molar-refractivity contribution is 7.58. The van der Waals surface area contributed by atoms with E-state index in [0.717, 1.165) is 30.3 Å². The molecule has 0 rings (SSSR count). The maximum absolute atomic E-state index is 11.8. The molecule has 0 spiro atoms. The summed E-state index contributed by atoms with van der Waals surface area (Å²) in [6.45, 7) is 11.4. The smallest absolute Gasteiger partial charge is 0.461 e. The maximum atomic E-state index is 11.8. The Morgan fingerprint density at radius 1 is 0.794 bits per heavy atom. The topological polar surface area (TPSA) is 119 Å². The van der Waals surface area contributed by atoms with Gasteiger partial charge in [0.1, 0.15) is 6.61 Å². The summed E-state index contributed by atoms with van der Waals surface area (Å²) in [7, 11) is -5.50. The molecule has 0 saturated carbocycles. The molecular weight excluding hydrogens is 478 g/mol. The molecule has 8 nitrogen and oxygen atoms in total. The lowest BCUT2D eigenvalue weighted by molar-refractivity contribution is -0.143. The van der Waals surface area contributed by atoms with Crippen LogP contribution in [-0.2, 0) is 28.0 Å². The minimum Gasteiger partial charge on any atom is -0.461 e. The van der Waals surface area contributed by atoms with Gasteiger partial charge in [-0.15, -0.1) is 0 Å². The molecule has 0 radical (unpaired) electrons. The number of esters is 1. The summed E-state index contributed by atoms with van der Waals surface area (Å²) in [4.78, 5) is 11.8. The summed E-state index contributed by atoms with van der Waals surface area (Å²) in [6, 6.07) is 0. The number of hydrogen-bond acceptors (Lipinski definition) is 8. The fourth-order valence-corrected chi connectivity index (χ4v) is 5.57. The first-order valence-corrected chi connectivity index (χ1v) is 15.0. The second-order valence-corrected chi connectivity index (χ2v) is 13.0. The Hall–Kier alpha value is -0.750. The fraction of sp³-hybridized carbons (Fsp3) is 0.875. The molecular formula is C24H46O8P2+2. The number of hydrogen-bond donors (Lipinski definition) is 2. The lowest BCUT2D eigenvalue weighted by Crippen LogP contribution is -2.08. The van der Waals surface area contributed by atoms with Crippen LogP contribution >= 0.6 is 16.1 Å². The van der Waals surface area contributed by atoms with Crippen molar-refractivity contribution in [1.82, 2.24) is 0 Å². The molecule has 0 aliphatic carbocycles. The Balaban J connectivity index is 4.00. The summed E-state index contributed by atoms with van der Waals surface area (Å²) in [5, 5.41) is 15.6. The molecule has 0 aliphatic heterocycles. The first kappa shape index (κ1) is 33.2. The molecule has 4 unspecified atom stereocenters. The Morgan fingerprint density at radius 3 is 1.79 bits per heavy atom. The van der Waals surface area contributed by atoms with E-state index in [4.69, 9.17) is 15.3 Å². The van der Waals surface area contributed by atoms with Crippen molar-refractivity contribution in [2.45, 2.75) is 111 Å². The van der Waals surface area contributed by atoms with Crippen LogP contribution in [0.3, 0.4) is 0 Å². The summed E-state index contributed by atoms with van der Waals surface area (Å²) < 4.78 is 35.4. The van der Waals surface area contributed by atoms with Gasteiger partial charge in [0.2, 0.25) is 0 Å². The SMILES string of the molecule is C/C(=C\COC(=O)CCC([P+](=O)OO)[P+](=O)OO)CCCC(C)CCCC(C)CCCC(C)C. The second kappa shape index (κ2) is 20.4. The molecule has 0 amide bonds. The van der Waals surface area contributed by atoms with E-state index in [2.05, 4.69) is 37.0 Å². The van der Waals surface area contributed by atoms with Crippen LogP contribution in [0.2, 0.25) is 0 Å². The molecule has 198 valence electrons. The molecule has 4 atom stereocenters. The third kappa shape index (κ3) is 17.7. The lowest BCUT2D eigenvalue weighted by Gasteiger charge is -2.15. The van der Waals surface area contributed by atoms with Crippen molar-refractivity contribution in [1.29, 1.82) is 0 Å². The van der Waals surface area contributed by atoms with E-state index in [1.54, 1.807) is 0 Å². The molecule has 34 heavy (non-hydrogen) atoms. The van der Waals surface area contributed by atoms with Crippen LogP contribution in [0.5, 0.6) is 0 Å². The molecule has 0 aliphatic rings. The fourth-order valence-electron chi connectivity index (χ4n) is 3.80. The van der Waals surface area contributed by atoms with Crippen LogP contribution in [0.25, 0.3) is 0 Å².